The molecule has 4 rings (SSSR count). The lowest BCUT2D eigenvalue weighted by atomic mass is 10.2. The molecule has 4 aromatic rings. The zero-order valence-corrected chi connectivity index (χ0v) is 19.7. The molecule has 40 heavy (non-hydrogen) atoms. The average Bonchev–Trinajstić information content (AvgIpc) is 3.21. The van der Waals surface area contributed by atoms with Gasteiger partial charge in [0.2, 0.25) is 5.75 Å². The molecule has 0 radical (unpaired) electrons. The Morgan fingerprint density at radius 1 is 1.18 bits per heavy atom. The molecule has 1 aromatic carbocycles. The largest absolute Gasteiger partial charge is 0.490 e. The van der Waals surface area contributed by atoms with Crippen molar-refractivity contribution >= 4 is 34.4 Å². The fourth-order valence-corrected chi connectivity index (χ4v) is 3.28. The lowest BCUT2D eigenvalue weighted by Gasteiger charge is -2.15. The van der Waals surface area contributed by atoms with E-state index < -0.39 is 35.2 Å². The Bertz CT molecular complexity index is 1640. The molecule has 0 saturated carbocycles. The van der Waals surface area contributed by atoms with Crippen molar-refractivity contribution in [2.24, 2.45) is 0 Å². The molecule has 0 amide bonds. The number of aromatic amines is 1. The van der Waals surface area contributed by atoms with Gasteiger partial charge in [0.15, 0.2) is 5.65 Å². The van der Waals surface area contributed by atoms with Crippen LogP contribution in [0.3, 0.4) is 0 Å². The summed E-state index contributed by atoms with van der Waals surface area (Å²) in [6.07, 6.45) is -8.93. The van der Waals surface area contributed by atoms with Crippen LogP contribution < -0.4 is 16.0 Å². The van der Waals surface area contributed by atoms with E-state index in [0.717, 1.165) is 16.8 Å². The first kappa shape index (κ1) is 31.4. The molecule has 212 valence electrons. The number of nitrogens with two attached hydrogens (primary N) is 1. The maximum Gasteiger partial charge on any atom is 0.490 e. The lowest BCUT2D eigenvalue weighted by molar-refractivity contribution is -0.192. The van der Waals surface area contributed by atoms with Gasteiger partial charge < -0.3 is 20.1 Å². The average molecular weight is 591 g/mol. The number of alkyl halides is 6. The van der Waals surface area contributed by atoms with Gasteiger partial charge in [0.05, 0.1) is 23.9 Å². The SMILES string of the molecule is C.N#Cc1cc(Cl)cc(Oc2c(C(F)(F)F)ccn(Cc3[nH]nc4nc(N)ccc34)c2=O)c1.O=C(O)C(F)(F)F. The molecule has 0 fully saturated rings. The number of rotatable bonds is 4. The number of carbonyl (C=O) groups is 1. The summed E-state index contributed by atoms with van der Waals surface area (Å²) in [5.41, 5.74) is 4.13. The Kier molecular flexibility index (Phi) is 9.39. The smallest absolute Gasteiger partial charge is 0.475 e. The number of nitrogen functional groups attached to an aromatic ring is 1. The van der Waals surface area contributed by atoms with Crippen LogP contribution in [0.15, 0.2) is 47.4 Å². The first-order chi connectivity index (χ1) is 18.1. The number of carboxylic acids is 1. The van der Waals surface area contributed by atoms with Crippen molar-refractivity contribution in [3.8, 4) is 17.6 Å². The molecule has 3 heterocycles. The van der Waals surface area contributed by atoms with Crippen LogP contribution in [0.4, 0.5) is 32.2 Å². The molecule has 4 N–H and O–H groups in total. The number of pyridine rings is 2. The van der Waals surface area contributed by atoms with Gasteiger partial charge in [-0.15, -0.1) is 0 Å². The lowest BCUT2D eigenvalue weighted by Crippen LogP contribution is -2.25. The molecule has 10 nitrogen and oxygen atoms in total. The van der Waals surface area contributed by atoms with E-state index in [0.29, 0.717) is 16.7 Å². The van der Waals surface area contributed by atoms with Gasteiger partial charge in [-0.1, -0.05) is 19.0 Å². The van der Waals surface area contributed by atoms with Gasteiger partial charge in [-0.2, -0.15) is 36.7 Å². The summed E-state index contributed by atoms with van der Waals surface area (Å²) in [7, 11) is 0. The van der Waals surface area contributed by atoms with Gasteiger partial charge in [0.1, 0.15) is 17.1 Å². The van der Waals surface area contributed by atoms with Gasteiger partial charge in [-0.25, -0.2) is 9.78 Å². The predicted octanol–water partition coefficient (Wildman–Crippen LogP) is 5.36. The van der Waals surface area contributed by atoms with Crippen LogP contribution in [0.5, 0.6) is 11.5 Å². The minimum atomic E-state index is -5.08. The quantitative estimate of drug-likeness (QED) is 0.268. The van der Waals surface area contributed by atoms with Crippen molar-refractivity contribution < 1.29 is 41.0 Å². The highest BCUT2D eigenvalue weighted by Crippen LogP contribution is 2.36. The number of nitrogens with zero attached hydrogens (tertiary/aromatic N) is 4. The van der Waals surface area contributed by atoms with Crippen molar-refractivity contribution in [3.05, 3.63) is 74.8 Å². The molecular weight excluding hydrogens is 574 g/mol. The van der Waals surface area contributed by atoms with E-state index >= 15 is 0 Å². The van der Waals surface area contributed by atoms with E-state index in [1.165, 1.54) is 24.3 Å². The second-order valence-corrected chi connectivity index (χ2v) is 7.93. The highest BCUT2D eigenvalue weighted by atomic mass is 35.5. The number of halogens is 7. The molecule has 0 unspecified atom stereocenters. The topological polar surface area (TPSA) is 160 Å². The molecule has 0 atom stereocenters. The molecule has 0 spiro atoms. The number of hydrogen-bond acceptors (Lipinski definition) is 7. The van der Waals surface area contributed by atoms with E-state index in [2.05, 4.69) is 15.2 Å². The maximum atomic E-state index is 13.6. The Labute approximate surface area is 225 Å². The Hall–Kier alpha value is -4.78. The van der Waals surface area contributed by atoms with E-state index in [4.69, 9.17) is 37.2 Å². The summed E-state index contributed by atoms with van der Waals surface area (Å²) in [5, 5.41) is 23.5. The number of carboxylic acid groups (broad SMARTS) is 1. The molecular formula is C23H17ClF6N6O4. The molecule has 0 bridgehead atoms. The first-order valence-electron chi connectivity index (χ1n) is 10.2. The van der Waals surface area contributed by atoms with Gasteiger partial charge >= 0.3 is 18.3 Å². The number of nitriles is 1. The normalized spacial score (nSPS) is 11.2. The number of nitrogens with one attached hydrogen (secondary N) is 1. The first-order valence-corrected chi connectivity index (χ1v) is 10.6. The number of H-pyrrole nitrogens is 1. The second kappa shape index (κ2) is 11.9. The number of anilines is 1. The third-order valence-electron chi connectivity index (χ3n) is 4.74. The van der Waals surface area contributed by atoms with Crippen LogP contribution in [0.25, 0.3) is 11.0 Å². The van der Waals surface area contributed by atoms with Crippen LogP contribution in [0.1, 0.15) is 24.2 Å². The third kappa shape index (κ3) is 7.41. The summed E-state index contributed by atoms with van der Waals surface area (Å²) in [5.74, 6) is -3.64. The van der Waals surface area contributed by atoms with Crippen molar-refractivity contribution in [1.82, 2.24) is 19.7 Å². The molecule has 3 aromatic heterocycles. The zero-order valence-electron chi connectivity index (χ0n) is 18.9. The molecule has 0 saturated heterocycles. The number of fused-ring (bicyclic) bond motifs is 1. The summed E-state index contributed by atoms with van der Waals surface area (Å²) >= 11 is 5.89. The summed E-state index contributed by atoms with van der Waals surface area (Å²) in [4.78, 5) is 25.9. The Balaban J connectivity index is 0.000000623. The Morgan fingerprint density at radius 3 is 2.40 bits per heavy atom. The molecule has 0 aliphatic rings. The number of aliphatic carboxylic acids is 1. The van der Waals surface area contributed by atoms with Gasteiger partial charge in [0.25, 0.3) is 5.56 Å². The monoisotopic (exact) mass is 590 g/mol. The second-order valence-electron chi connectivity index (χ2n) is 7.49. The number of aromatic nitrogens is 4. The summed E-state index contributed by atoms with van der Waals surface area (Å²) in [6, 6.07) is 9.43. The number of hydrogen-bond donors (Lipinski definition) is 3. The van der Waals surface area contributed by atoms with Gasteiger partial charge in [-0.3, -0.25) is 9.89 Å². The fraction of sp³-hybridized carbons (Fsp3) is 0.174. The van der Waals surface area contributed by atoms with E-state index in [9.17, 15) is 31.1 Å². The zero-order chi connectivity index (χ0) is 29.1. The van der Waals surface area contributed by atoms with Crippen LogP contribution >= 0.6 is 11.6 Å². The van der Waals surface area contributed by atoms with E-state index in [1.807, 2.05) is 6.07 Å². The number of benzene rings is 1. The summed E-state index contributed by atoms with van der Waals surface area (Å²) < 4.78 is 78.8. The van der Waals surface area contributed by atoms with Crippen LogP contribution in [0, 0.1) is 11.3 Å². The molecule has 0 aliphatic carbocycles. The standard InChI is InChI=1S/C20H12ClF3N6O2.C2HF3O2.CH4/c21-11-5-10(8-25)6-12(7-11)32-17-14(20(22,23)24)3-4-30(19(17)31)9-15-13-1-2-16(26)27-18(13)29-28-15;3-2(4,5)1(6)7;/h1-7H,9H2,(H3,26,27,28,29);(H,6,7);1H4. The summed E-state index contributed by atoms with van der Waals surface area (Å²) in [6.45, 7) is -0.131. The van der Waals surface area contributed by atoms with Crippen molar-refractivity contribution in [2.75, 3.05) is 5.73 Å². The third-order valence-corrected chi connectivity index (χ3v) is 4.95. The molecule has 0 aliphatic heterocycles. The maximum absolute atomic E-state index is 13.6. The van der Waals surface area contributed by atoms with Crippen LogP contribution in [-0.2, 0) is 17.5 Å². The van der Waals surface area contributed by atoms with Crippen molar-refractivity contribution in [1.29, 1.82) is 5.26 Å². The number of ether oxygens (including phenoxy) is 1. The van der Waals surface area contributed by atoms with Gasteiger partial charge in [0, 0.05) is 16.6 Å². The van der Waals surface area contributed by atoms with Gasteiger partial charge in [-0.05, 0) is 36.4 Å². The van der Waals surface area contributed by atoms with Crippen molar-refractivity contribution in [3.63, 3.8) is 0 Å². The van der Waals surface area contributed by atoms with Crippen LogP contribution in [-0.4, -0.2) is 37.0 Å². The minimum Gasteiger partial charge on any atom is -0.475 e. The predicted molar refractivity (Wildman–Crippen MR) is 130 cm³/mol. The van der Waals surface area contributed by atoms with E-state index in [-0.39, 0.29) is 36.1 Å². The highest BCUT2D eigenvalue weighted by molar-refractivity contribution is 6.30. The van der Waals surface area contributed by atoms with E-state index in [1.54, 1.807) is 6.07 Å². The Morgan fingerprint density at radius 2 is 1.82 bits per heavy atom. The highest BCUT2D eigenvalue weighted by Gasteiger charge is 2.38. The minimum absolute atomic E-state index is 0. The van der Waals surface area contributed by atoms with Crippen molar-refractivity contribution in [2.45, 2.75) is 26.3 Å². The molecule has 17 heteroatoms. The van der Waals surface area contributed by atoms with Crippen LogP contribution in [0.2, 0.25) is 5.02 Å². The fourth-order valence-electron chi connectivity index (χ4n) is 3.06.